The molecule has 20 heavy (non-hydrogen) atoms. The second-order valence-corrected chi connectivity index (χ2v) is 4.95. The number of hydrogen-bond donors (Lipinski definition) is 1. The van der Waals surface area contributed by atoms with Crippen LogP contribution in [0.5, 0.6) is 0 Å². The minimum Gasteiger partial charge on any atom is -0.394 e. The number of aromatic nitrogens is 4. The van der Waals surface area contributed by atoms with Crippen molar-refractivity contribution in [1.82, 2.24) is 20.0 Å². The molecule has 0 fully saturated rings. The molecule has 0 atom stereocenters. The van der Waals surface area contributed by atoms with E-state index in [0.717, 1.165) is 16.6 Å². The van der Waals surface area contributed by atoms with E-state index in [4.69, 9.17) is 16.7 Å². The highest BCUT2D eigenvalue weighted by Crippen LogP contribution is 2.28. The summed E-state index contributed by atoms with van der Waals surface area (Å²) in [6, 6.07) is 9.83. The Hall–Kier alpha value is -1.98. The van der Waals surface area contributed by atoms with Crippen molar-refractivity contribution in [3.8, 4) is 11.3 Å². The van der Waals surface area contributed by atoms with E-state index in [-0.39, 0.29) is 6.61 Å². The summed E-state index contributed by atoms with van der Waals surface area (Å²) in [6.45, 7) is 2.40. The van der Waals surface area contributed by atoms with Crippen molar-refractivity contribution < 1.29 is 5.11 Å². The van der Waals surface area contributed by atoms with Gasteiger partial charge < -0.3 is 5.11 Å². The fourth-order valence-corrected chi connectivity index (χ4v) is 2.27. The number of benzene rings is 1. The monoisotopic (exact) mass is 288 g/mol. The van der Waals surface area contributed by atoms with Crippen LogP contribution in [0.15, 0.2) is 30.3 Å². The lowest BCUT2D eigenvalue weighted by atomic mass is 10.1. The first kappa shape index (κ1) is 13.0. The standard InChI is InChI=1S/C14H13ClN4O/c1-9-2-4-10(5-3-9)13-11-8-12(15)16-17-14(11)19(18-13)6-7-20/h2-5,8,20H,6-7H2,1H3. The molecule has 0 unspecified atom stereocenters. The van der Waals surface area contributed by atoms with Crippen LogP contribution in [0.4, 0.5) is 0 Å². The number of nitrogens with zero attached hydrogens (tertiary/aromatic N) is 4. The first-order chi connectivity index (χ1) is 9.69. The SMILES string of the molecule is Cc1ccc(-c2nn(CCO)c3nnc(Cl)cc23)cc1. The molecule has 0 bridgehead atoms. The van der Waals surface area contributed by atoms with Crippen molar-refractivity contribution in [2.24, 2.45) is 0 Å². The first-order valence-corrected chi connectivity index (χ1v) is 6.64. The van der Waals surface area contributed by atoms with E-state index in [2.05, 4.69) is 15.3 Å². The zero-order chi connectivity index (χ0) is 14.1. The lowest BCUT2D eigenvalue weighted by molar-refractivity contribution is 0.271. The minimum atomic E-state index is -0.00553. The van der Waals surface area contributed by atoms with Crippen molar-refractivity contribution in [3.05, 3.63) is 41.0 Å². The van der Waals surface area contributed by atoms with Crippen LogP contribution in [-0.4, -0.2) is 31.7 Å². The van der Waals surface area contributed by atoms with Gasteiger partial charge in [-0.25, -0.2) is 4.68 Å². The summed E-state index contributed by atoms with van der Waals surface area (Å²) in [4.78, 5) is 0. The molecule has 0 saturated heterocycles. The van der Waals surface area contributed by atoms with Gasteiger partial charge in [0, 0.05) is 5.56 Å². The Balaban J connectivity index is 2.23. The number of aliphatic hydroxyl groups excluding tert-OH is 1. The molecule has 3 aromatic rings. The summed E-state index contributed by atoms with van der Waals surface area (Å²) < 4.78 is 1.65. The van der Waals surface area contributed by atoms with Crippen molar-refractivity contribution in [1.29, 1.82) is 0 Å². The maximum Gasteiger partial charge on any atom is 0.181 e. The predicted octanol–water partition coefficient (Wildman–Crippen LogP) is 2.45. The Kier molecular flexibility index (Phi) is 3.38. The van der Waals surface area contributed by atoms with Gasteiger partial charge in [-0.2, -0.15) is 5.10 Å². The normalized spacial score (nSPS) is 11.2. The molecule has 0 radical (unpaired) electrons. The third-order valence-corrected chi connectivity index (χ3v) is 3.29. The van der Waals surface area contributed by atoms with E-state index in [0.29, 0.717) is 17.3 Å². The Bertz CT molecular complexity index is 752. The number of rotatable bonds is 3. The van der Waals surface area contributed by atoms with Crippen LogP contribution in [-0.2, 0) is 6.54 Å². The fraction of sp³-hybridized carbons (Fsp3) is 0.214. The molecule has 0 spiro atoms. The summed E-state index contributed by atoms with van der Waals surface area (Å²) in [5.74, 6) is 0. The summed E-state index contributed by atoms with van der Waals surface area (Å²) >= 11 is 5.93. The third-order valence-electron chi connectivity index (χ3n) is 3.10. The van der Waals surface area contributed by atoms with Crippen LogP contribution in [0.3, 0.4) is 0 Å². The van der Waals surface area contributed by atoms with Crippen molar-refractivity contribution >= 4 is 22.6 Å². The zero-order valence-electron chi connectivity index (χ0n) is 10.9. The topological polar surface area (TPSA) is 63.8 Å². The van der Waals surface area contributed by atoms with Gasteiger partial charge in [-0.3, -0.25) is 0 Å². The zero-order valence-corrected chi connectivity index (χ0v) is 11.7. The van der Waals surface area contributed by atoms with Crippen molar-refractivity contribution in [2.75, 3.05) is 6.61 Å². The maximum absolute atomic E-state index is 9.11. The minimum absolute atomic E-state index is 0.00553. The summed E-state index contributed by atoms with van der Waals surface area (Å²) in [5.41, 5.74) is 3.59. The molecule has 3 rings (SSSR count). The van der Waals surface area contributed by atoms with Gasteiger partial charge in [0.15, 0.2) is 10.8 Å². The molecule has 1 N–H and O–H groups in total. The molecule has 0 aliphatic heterocycles. The Morgan fingerprint density at radius 1 is 1.20 bits per heavy atom. The number of halogens is 1. The Labute approximate surface area is 120 Å². The molecular formula is C14H13ClN4O. The van der Waals surface area contributed by atoms with Crippen LogP contribution in [0.25, 0.3) is 22.3 Å². The van der Waals surface area contributed by atoms with E-state index in [9.17, 15) is 0 Å². The number of hydrogen-bond acceptors (Lipinski definition) is 4. The van der Waals surface area contributed by atoms with Crippen LogP contribution in [0.2, 0.25) is 5.15 Å². The molecule has 6 heteroatoms. The van der Waals surface area contributed by atoms with E-state index >= 15 is 0 Å². The van der Waals surface area contributed by atoms with E-state index in [1.54, 1.807) is 10.7 Å². The highest BCUT2D eigenvalue weighted by atomic mass is 35.5. The van der Waals surface area contributed by atoms with Crippen LogP contribution >= 0.6 is 11.6 Å². The highest BCUT2D eigenvalue weighted by molar-refractivity contribution is 6.30. The summed E-state index contributed by atoms with van der Waals surface area (Å²) in [7, 11) is 0. The van der Waals surface area contributed by atoms with Gasteiger partial charge >= 0.3 is 0 Å². The first-order valence-electron chi connectivity index (χ1n) is 6.26. The molecular weight excluding hydrogens is 276 g/mol. The van der Waals surface area contributed by atoms with E-state index < -0.39 is 0 Å². The van der Waals surface area contributed by atoms with Crippen LogP contribution in [0, 0.1) is 6.92 Å². The lowest BCUT2D eigenvalue weighted by Gasteiger charge is -1.98. The highest BCUT2D eigenvalue weighted by Gasteiger charge is 2.14. The second-order valence-electron chi connectivity index (χ2n) is 4.57. The van der Waals surface area contributed by atoms with Gasteiger partial charge in [-0.05, 0) is 13.0 Å². The molecule has 2 aromatic heterocycles. The molecule has 5 nitrogen and oxygen atoms in total. The molecule has 2 heterocycles. The van der Waals surface area contributed by atoms with E-state index in [1.165, 1.54) is 5.56 Å². The van der Waals surface area contributed by atoms with Gasteiger partial charge in [0.05, 0.1) is 18.5 Å². The van der Waals surface area contributed by atoms with Gasteiger partial charge in [0.25, 0.3) is 0 Å². The number of aliphatic hydroxyl groups is 1. The molecule has 0 saturated carbocycles. The van der Waals surface area contributed by atoms with E-state index in [1.807, 2.05) is 31.2 Å². The second kappa shape index (κ2) is 5.19. The fourth-order valence-electron chi connectivity index (χ4n) is 2.12. The smallest absolute Gasteiger partial charge is 0.181 e. The number of aryl methyl sites for hydroxylation is 1. The predicted molar refractivity (Wildman–Crippen MR) is 77.6 cm³/mol. The van der Waals surface area contributed by atoms with Gasteiger partial charge in [-0.1, -0.05) is 41.4 Å². The third kappa shape index (κ3) is 2.26. The molecule has 0 aliphatic carbocycles. The average Bonchev–Trinajstić information content (AvgIpc) is 2.78. The van der Waals surface area contributed by atoms with Crippen molar-refractivity contribution in [2.45, 2.75) is 13.5 Å². The summed E-state index contributed by atoms with van der Waals surface area (Å²) in [5, 5.41) is 22.7. The average molecular weight is 289 g/mol. The molecule has 102 valence electrons. The Morgan fingerprint density at radius 2 is 1.95 bits per heavy atom. The van der Waals surface area contributed by atoms with Gasteiger partial charge in [0.1, 0.15) is 5.69 Å². The Morgan fingerprint density at radius 3 is 2.65 bits per heavy atom. The van der Waals surface area contributed by atoms with Crippen LogP contribution in [0.1, 0.15) is 5.56 Å². The molecule has 1 aromatic carbocycles. The number of fused-ring (bicyclic) bond motifs is 1. The largest absolute Gasteiger partial charge is 0.394 e. The molecule has 0 aliphatic rings. The maximum atomic E-state index is 9.11. The van der Waals surface area contributed by atoms with Crippen molar-refractivity contribution in [3.63, 3.8) is 0 Å². The lowest BCUT2D eigenvalue weighted by Crippen LogP contribution is -2.05. The quantitative estimate of drug-likeness (QED) is 0.804. The molecule has 0 amide bonds. The summed E-state index contributed by atoms with van der Waals surface area (Å²) in [6.07, 6.45) is 0. The van der Waals surface area contributed by atoms with Gasteiger partial charge in [-0.15, -0.1) is 10.2 Å². The van der Waals surface area contributed by atoms with Crippen LogP contribution < -0.4 is 0 Å². The van der Waals surface area contributed by atoms with Gasteiger partial charge in [0.2, 0.25) is 0 Å².